The molecule has 0 aliphatic heterocycles. The maximum absolute atomic E-state index is 14.8. The van der Waals surface area contributed by atoms with E-state index in [0.717, 1.165) is 16.7 Å². The second kappa shape index (κ2) is 7.73. The molecule has 0 unspecified atom stereocenters. The van der Waals surface area contributed by atoms with E-state index in [9.17, 15) is 9.18 Å². The fraction of sp³-hybridized carbons (Fsp3) is 0.0833. The standard InChI is InChI=1S/C24H19FN6O/c1-15-4-7-17(8-5-15)20-13-22(31(29-20)21-9-6-16(2)12-19(21)25)28-24(32)18-14-27-30-11-3-10-26-23(18)30/h3-14H,1-2H3,(H,28,32). The number of aromatic nitrogens is 5. The molecular weight excluding hydrogens is 407 g/mol. The molecule has 3 heterocycles. The van der Waals surface area contributed by atoms with E-state index < -0.39 is 11.7 Å². The summed E-state index contributed by atoms with van der Waals surface area (Å²) in [6, 6.07) is 16.2. The third-order valence-electron chi connectivity index (χ3n) is 5.15. The van der Waals surface area contributed by atoms with Gasteiger partial charge in [-0.1, -0.05) is 35.9 Å². The molecule has 3 aromatic heterocycles. The summed E-state index contributed by atoms with van der Waals surface area (Å²) in [6.45, 7) is 3.81. The van der Waals surface area contributed by atoms with Crippen LogP contribution in [0.1, 0.15) is 21.5 Å². The molecule has 1 N–H and O–H groups in total. The fourth-order valence-electron chi connectivity index (χ4n) is 3.47. The largest absolute Gasteiger partial charge is 0.306 e. The average Bonchev–Trinajstić information content (AvgIpc) is 3.39. The van der Waals surface area contributed by atoms with Gasteiger partial charge in [-0.15, -0.1) is 0 Å². The van der Waals surface area contributed by atoms with Gasteiger partial charge in [-0.2, -0.15) is 10.2 Å². The van der Waals surface area contributed by atoms with E-state index in [0.29, 0.717) is 22.7 Å². The zero-order chi connectivity index (χ0) is 22.2. The second-order valence-corrected chi connectivity index (χ2v) is 7.55. The van der Waals surface area contributed by atoms with E-state index in [4.69, 9.17) is 0 Å². The number of amides is 1. The van der Waals surface area contributed by atoms with Crippen LogP contribution in [0.15, 0.2) is 73.2 Å². The quantitative estimate of drug-likeness (QED) is 0.456. The van der Waals surface area contributed by atoms with Crippen molar-refractivity contribution in [3.8, 4) is 16.9 Å². The number of hydrogen-bond donors (Lipinski definition) is 1. The summed E-state index contributed by atoms with van der Waals surface area (Å²) in [4.78, 5) is 17.3. The molecule has 0 bridgehead atoms. The number of benzene rings is 2. The number of carbonyl (C=O) groups is 1. The lowest BCUT2D eigenvalue weighted by Gasteiger charge is -2.10. The van der Waals surface area contributed by atoms with E-state index in [2.05, 4.69) is 20.5 Å². The molecule has 5 aromatic rings. The number of hydrogen-bond acceptors (Lipinski definition) is 4. The zero-order valence-electron chi connectivity index (χ0n) is 17.5. The van der Waals surface area contributed by atoms with Crippen LogP contribution in [0.4, 0.5) is 10.2 Å². The normalized spacial score (nSPS) is 11.1. The Hall–Kier alpha value is -4.33. The molecule has 2 aromatic carbocycles. The first-order chi connectivity index (χ1) is 15.5. The van der Waals surface area contributed by atoms with Gasteiger partial charge in [0.25, 0.3) is 5.91 Å². The summed E-state index contributed by atoms with van der Waals surface area (Å²) >= 11 is 0. The van der Waals surface area contributed by atoms with Gasteiger partial charge in [-0.05, 0) is 37.6 Å². The highest BCUT2D eigenvalue weighted by Crippen LogP contribution is 2.27. The van der Waals surface area contributed by atoms with Crippen LogP contribution in [0.2, 0.25) is 0 Å². The number of nitrogens with zero attached hydrogens (tertiary/aromatic N) is 5. The van der Waals surface area contributed by atoms with Crippen molar-refractivity contribution in [2.45, 2.75) is 13.8 Å². The summed E-state index contributed by atoms with van der Waals surface area (Å²) in [5, 5.41) is 11.6. The Bertz CT molecular complexity index is 1450. The van der Waals surface area contributed by atoms with Crippen molar-refractivity contribution in [3.05, 3.63) is 95.7 Å². The van der Waals surface area contributed by atoms with Crippen LogP contribution in [0, 0.1) is 19.7 Å². The van der Waals surface area contributed by atoms with Crippen LogP contribution in [-0.4, -0.2) is 30.3 Å². The minimum atomic E-state index is -0.434. The molecule has 32 heavy (non-hydrogen) atoms. The third-order valence-corrected chi connectivity index (χ3v) is 5.15. The average molecular weight is 426 g/mol. The van der Waals surface area contributed by atoms with Crippen LogP contribution in [0.25, 0.3) is 22.6 Å². The summed E-state index contributed by atoms with van der Waals surface area (Å²) in [7, 11) is 0. The van der Waals surface area contributed by atoms with Crippen LogP contribution < -0.4 is 5.32 Å². The molecule has 7 nitrogen and oxygen atoms in total. The Balaban J connectivity index is 1.59. The first kappa shape index (κ1) is 19.6. The smallest absolute Gasteiger partial charge is 0.262 e. The molecule has 0 aliphatic rings. The summed E-state index contributed by atoms with van der Waals surface area (Å²) in [5.41, 5.74) is 4.35. The Morgan fingerprint density at radius 1 is 1.03 bits per heavy atom. The SMILES string of the molecule is Cc1ccc(-c2cc(NC(=O)c3cnn4cccnc34)n(-c3ccc(C)cc3F)n2)cc1. The number of aryl methyl sites for hydroxylation is 2. The summed E-state index contributed by atoms with van der Waals surface area (Å²) < 4.78 is 17.7. The molecule has 0 spiro atoms. The van der Waals surface area contributed by atoms with Gasteiger partial charge in [-0.3, -0.25) is 4.79 Å². The molecule has 0 saturated carbocycles. The second-order valence-electron chi connectivity index (χ2n) is 7.55. The van der Waals surface area contributed by atoms with Crippen LogP contribution in [0.5, 0.6) is 0 Å². The lowest BCUT2D eigenvalue weighted by atomic mass is 10.1. The molecule has 8 heteroatoms. The minimum Gasteiger partial charge on any atom is -0.306 e. The Kier molecular flexibility index (Phi) is 4.74. The molecule has 1 amide bonds. The van der Waals surface area contributed by atoms with Gasteiger partial charge in [0.1, 0.15) is 22.9 Å². The van der Waals surface area contributed by atoms with Crippen molar-refractivity contribution in [2.24, 2.45) is 0 Å². The monoisotopic (exact) mass is 426 g/mol. The number of nitrogens with one attached hydrogen (secondary N) is 1. The Morgan fingerprint density at radius 2 is 1.81 bits per heavy atom. The predicted octanol–water partition coefficient (Wildman–Crippen LogP) is 4.59. The minimum absolute atomic E-state index is 0.238. The van der Waals surface area contributed by atoms with E-state index in [-0.39, 0.29) is 5.69 Å². The highest BCUT2D eigenvalue weighted by atomic mass is 19.1. The number of halogens is 1. The Labute approximate surface area is 183 Å². The summed E-state index contributed by atoms with van der Waals surface area (Å²) in [5.74, 6) is -0.511. The number of rotatable bonds is 4. The lowest BCUT2D eigenvalue weighted by molar-refractivity contribution is 0.102. The van der Waals surface area contributed by atoms with Crippen LogP contribution in [-0.2, 0) is 0 Å². The van der Waals surface area contributed by atoms with Gasteiger partial charge in [0.2, 0.25) is 0 Å². The van der Waals surface area contributed by atoms with E-state index in [1.165, 1.54) is 21.5 Å². The molecule has 0 aliphatic carbocycles. The molecule has 0 saturated heterocycles. The third kappa shape index (κ3) is 3.51. The van der Waals surface area contributed by atoms with Gasteiger partial charge in [0.05, 0.1) is 11.9 Å². The maximum atomic E-state index is 14.8. The van der Waals surface area contributed by atoms with E-state index in [1.807, 2.05) is 38.1 Å². The number of anilines is 1. The molecular formula is C24H19FN6O. The van der Waals surface area contributed by atoms with E-state index >= 15 is 0 Å². The number of fused-ring (bicyclic) bond motifs is 1. The molecule has 0 fully saturated rings. The molecule has 0 radical (unpaired) electrons. The van der Waals surface area contributed by atoms with E-state index in [1.54, 1.807) is 36.7 Å². The first-order valence-corrected chi connectivity index (χ1v) is 10.0. The Morgan fingerprint density at radius 3 is 2.59 bits per heavy atom. The van der Waals surface area contributed by atoms with Gasteiger partial charge in [0, 0.05) is 24.0 Å². The van der Waals surface area contributed by atoms with Gasteiger partial charge in [-0.25, -0.2) is 18.6 Å². The van der Waals surface area contributed by atoms with Crippen molar-refractivity contribution in [1.82, 2.24) is 24.4 Å². The van der Waals surface area contributed by atoms with Gasteiger partial charge >= 0.3 is 0 Å². The molecule has 158 valence electrons. The highest BCUT2D eigenvalue weighted by molar-refractivity contribution is 6.08. The zero-order valence-corrected chi connectivity index (χ0v) is 17.5. The van der Waals surface area contributed by atoms with Crippen molar-refractivity contribution < 1.29 is 9.18 Å². The topological polar surface area (TPSA) is 77.1 Å². The molecule has 0 atom stereocenters. The van der Waals surface area contributed by atoms with Crippen LogP contribution in [0.3, 0.4) is 0 Å². The van der Waals surface area contributed by atoms with Crippen molar-refractivity contribution >= 4 is 17.4 Å². The fourth-order valence-corrected chi connectivity index (χ4v) is 3.47. The van der Waals surface area contributed by atoms with Crippen molar-refractivity contribution in [2.75, 3.05) is 5.32 Å². The predicted molar refractivity (Wildman–Crippen MR) is 119 cm³/mol. The first-order valence-electron chi connectivity index (χ1n) is 10.0. The van der Waals surface area contributed by atoms with Gasteiger partial charge in [0.15, 0.2) is 5.65 Å². The van der Waals surface area contributed by atoms with Crippen LogP contribution >= 0.6 is 0 Å². The number of carbonyl (C=O) groups excluding carboxylic acids is 1. The lowest BCUT2D eigenvalue weighted by Crippen LogP contribution is -2.15. The molecule has 5 rings (SSSR count). The van der Waals surface area contributed by atoms with Crippen molar-refractivity contribution in [3.63, 3.8) is 0 Å². The highest BCUT2D eigenvalue weighted by Gasteiger charge is 2.19. The van der Waals surface area contributed by atoms with Crippen molar-refractivity contribution in [1.29, 1.82) is 0 Å². The maximum Gasteiger partial charge on any atom is 0.262 e. The summed E-state index contributed by atoms with van der Waals surface area (Å²) in [6.07, 6.45) is 4.75. The van der Waals surface area contributed by atoms with Gasteiger partial charge < -0.3 is 5.32 Å².